The Morgan fingerprint density at radius 1 is 1.30 bits per heavy atom. The molecule has 33 heavy (non-hydrogen) atoms. The summed E-state index contributed by atoms with van der Waals surface area (Å²) in [6.07, 6.45) is 5.98. The molecule has 0 radical (unpaired) electrons. The maximum Gasteiger partial charge on any atom is 0.271 e. The van der Waals surface area contributed by atoms with Gasteiger partial charge in [-0.1, -0.05) is 20.8 Å². The van der Waals surface area contributed by atoms with Crippen molar-refractivity contribution in [2.24, 2.45) is 5.73 Å². The van der Waals surface area contributed by atoms with E-state index in [2.05, 4.69) is 38.8 Å². The Balaban J connectivity index is 1.88. The number of hydrogen-bond acceptors (Lipinski definition) is 5. The van der Waals surface area contributed by atoms with Crippen molar-refractivity contribution in [1.29, 1.82) is 0 Å². The minimum atomic E-state index is -1.99. The smallest absolute Gasteiger partial charge is 0.271 e. The van der Waals surface area contributed by atoms with Gasteiger partial charge in [-0.25, -0.2) is 4.98 Å². The zero-order chi connectivity index (χ0) is 24.6. The first-order valence-corrected chi connectivity index (χ1v) is 13.9. The first-order chi connectivity index (χ1) is 15.3. The molecule has 3 aromatic rings. The maximum atomic E-state index is 11.6. The number of benzene rings is 1. The molecule has 9 nitrogen and oxygen atoms in total. The van der Waals surface area contributed by atoms with E-state index in [0.29, 0.717) is 19.6 Å². The van der Waals surface area contributed by atoms with Gasteiger partial charge in [-0.15, -0.1) is 0 Å². The number of carbonyl (C=O) groups excluding carboxylic acids is 1. The molecule has 0 aliphatic rings. The second-order valence-electron chi connectivity index (χ2n) is 10.0. The van der Waals surface area contributed by atoms with E-state index >= 15 is 0 Å². The normalized spacial score (nSPS) is 13.4. The number of fused-ring (bicyclic) bond motifs is 1. The first-order valence-electron chi connectivity index (χ1n) is 11.0. The van der Waals surface area contributed by atoms with Gasteiger partial charge in [-0.3, -0.25) is 14.9 Å². The molecule has 0 bridgehead atoms. The van der Waals surface area contributed by atoms with Crippen LogP contribution in [-0.2, 0) is 11.0 Å². The Labute approximate surface area is 194 Å². The van der Waals surface area contributed by atoms with Gasteiger partial charge in [0, 0.05) is 36.5 Å². The van der Waals surface area contributed by atoms with Gasteiger partial charge >= 0.3 is 0 Å². The fraction of sp³-hybridized carbons (Fsp3) is 0.478. The number of hydrogen-bond donors (Lipinski definition) is 1. The van der Waals surface area contributed by atoms with Crippen LogP contribution in [0.3, 0.4) is 0 Å². The summed E-state index contributed by atoms with van der Waals surface area (Å²) in [5.41, 5.74) is 7.57. The highest BCUT2D eigenvalue weighted by Crippen LogP contribution is 2.37. The van der Waals surface area contributed by atoms with Gasteiger partial charge in [-0.2, -0.15) is 0 Å². The highest BCUT2D eigenvalue weighted by atomic mass is 28.4. The average Bonchev–Trinajstić information content (AvgIpc) is 3.32. The van der Waals surface area contributed by atoms with Crippen molar-refractivity contribution in [3.8, 4) is 0 Å². The number of imidazole rings is 1. The number of nitrogens with two attached hydrogens (primary N) is 1. The molecule has 0 spiro atoms. The van der Waals surface area contributed by atoms with E-state index < -0.39 is 14.2 Å². The zero-order valence-electron chi connectivity index (χ0n) is 20.2. The van der Waals surface area contributed by atoms with Gasteiger partial charge in [0.1, 0.15) is 5.69 Å². The van der Waals surface area contributed by atoms with E-state index in [1.54, 1.807) is 24.7 Å². The predicted molar refractivity (Wildman–Crippen MR) is 131 cm³/mol. The number of nitro benzene ring substituents is 1. The molecule has 1 amide bonds. The number of aryl methyl sites for hydroxylation is 2. The fourth-order valence-electron chi connectivity index (χ4n) is 3.55. The molecule has 1 aromatic carbocycles. The van der Waals surface area contributed by atoms with Gasteiger partial charge < -0.3 is 19.3 Å². The summed E-state index contributed by atoms with van der Waals surface area (Å²) in [5, 5.41) is 12.3. The summed E-state index contributed by atoms with van der Waals surface area (Å²) in [6.45, 7) is 14.1. The molecule has 0 saturated carbocycles. The van der Waals surface area contributed by atoms with Crippen molar-refractivity contribution in [3.63, 3.8) is 0 Å². The Bertz CT molecular complexity index is 1180. The third kappa shape index (κ3) is 5.33. The van der Waals surface area contributed by atoms with Crippen molar-refractivity contribution in [2.75, 3.05) is 6.61 Å². The van der Waals surface area contributed by atoms with Gasteiger partial charge in [0.05, 0.1) is 29.4 Å². The number of rotatable bonds is 9. The molecule has 1 atom stereocenters. The SMILES string of the molecule is Cc1cn(CCC(CO[Si](C)(C)C(C)(C)C)n2cnc(C(N)=O)c2)c2cc([N+](=O)[O-])ccc12. The minimum absolute atomic E-state index is 0.0670. The van der Waals surface area contributed by atoms with E-state index in [9.17, 15) is 14.9 Å². The summed E-state index contributed by atoms with van der Waals surface area (Å²) >= 11 is 0. The van der Waals surface area contributed by atoms with Gasteiger partial charge in [0.2, 0.25) is 0 Å². The lowest BCUT2D eigenvalue weighted by atomic mass is 10.2. The molecule has 0 aliphatic heterocycles. The average molecular weight is 472 g/mol. The lowest BCUT2D eigenvalue weighted by Crippen LogP contribution is -2.42. The Morgan fingerprint density at radius 2 is 2.00 bits per heavy atom. The Hall–Kier alpha value is -2.98. The molecule has 10 heteroatoms. The quantitative estimate of drug-likeness (QED) is 0.273. The largest absolute Gasteiger partial charge is 0.415 e. The van der Waals surface area contributed by atoms with E-state index in [0.717, 1.165) is 16.5 Å². The molecule has 0 fully saturated rings. The molecule has 3 rings (SSSR count). The van der Waals surface area contributed by atoms with Crippen molar-refractivity contribution in [2.45, 2.75) is 64.8 Å². The molecular formula is C23H33N5O4Si. The first kappa shape index (κ1) is 24.7. The van der Waals surface area contributed by atoms with E-state index in [4.69, 9.17) is 10.2 Å². The maximum absolute atomic E-state index is 11.6. The standard InChI is InChI=1S/C23H33N5O4Si/c1-16-12-26(21-11-17(28(30)31)7-8-19(16)21)10-9-18(14-32-33(5,6)23(2,3)4)27-13-20(22(24)29)25-15-27/h7-8,11-13,15,18H,9-10,14H2,1-6H3,(H2,24,29). The van der Waals surface area contributed by atoms with Crippen LogP contribution in [0.1, 0.15) is 49.3 Å². The second-order valence-corrected chi connectivity index (χ2v) is 14.9. The number of carbonyl (C=O) groups is 1. The molecule has 1 unspecified atom stereocenters. The van der Waals surface area contributed by atoms with Crippen LogP contribution >= 0.6 is 0 Å². The topological polar surface area (TPSA) is 118 Å². The third-order valence-corrected chi connectivity index (χ3v) is 11.2. The van der Waals surface area contributed by atoms with Crippen molar-refractivity contribution < 1.29 is 14.1 Å². The monoisotopic (exact) mass is 471 g/mol. The number of nitro groups is 1. The van der Waals surface area contributed by atoms with Gasteiger partial charge in [0.25, 0.3) is 11.6 Å². The zero-order valence-corrected chi connectivity index (χ0v) is 21.2. The van der Waals surface area contributed by atoms with E-state index in [-0.39, 0.29) is 27.4 Å². The van der Waals surface area contributed by atoms with Crippen LogP contribution in [0.4, 0.5) is 5.69 Å². The van der Waals surface area contributed by atoms with E-state index in [1.165, 1.54) is 6.07 Å². The number of aromatic nitrogens is 3. The lowest BCUT2D eigenvalue weighted by Gasteiger charge is -2.37. The fourth-order valence-corrected chi connectivity index (χ4v) is 4.60. The second kappa shape index (κ2) is 9.10. The molecule has 178 valence electrons. The van der Waals surface area contributed by atoms with Crippen LogP contribution in [0.5, 0.6) is 0 Å². The Kier molecular flexibility index (Phi) is 6.80. The van der Waals surface area contributed by atoms with Crippen LogP contribution in [0.25, 0.3) is 10.9 Å². The Morgan fingerprint density at radius 3 is 2.58 bits per heavy atom. The highest BCUT2D eigenvalue weighted by molar-refractivity contribution is 6.74. The third-order valence-electron chi connectivity index (χ3n) is 6.70. The molecular weight excluding hydrogens is 438 g/mol. The minimum Gasteiger partial charge on any atom is -0.415 e. The summed E-state index contributed by atoms with van der Waals surface area (Å²) < 4.78 is 10.4. The van der Waals surface area contributed by atoms with Crippen LogP contribution in [-0.4, -0.2) is 39.9 Å². The summed E-state index contributed by atoms with van der Waals surface area (Å²) in [6, 6.07) is 4.88. The summed E-state index contributed by atoms with van der Waals surface area (Å²) in [5.74, 6) is -0.572. The van der Waals surface area contributed by atoms with Gasteiger partial charge in [-0.05, 0) is 43.1 Å². The van der Waals surface area contributed by atoms with E-state index in [1.807, 2.05) is 22.3 Å². The van der Waals surface area contributed by atoms with Crippen LogP contribution in [0.2, 0.25) is 18.1 Å². The van der Waals surface area contributed by atoms with Crippen molar-refractivity contribution in [1.82, 2.24) is 14.1 Å². The summed E-state index contributed by atoms with van der Waals surface area (Å²) in [7, 11) is -1.99. The molecule has 2 heterocycles. The number of amides is 1. The number of primary amides is 1. The van der Waals surface area contributed by atoms with Crippen LogP contribution in [0.15, 0.2) is 36.9 Å². The van der Waals surface area contributed by atoms with Crippen molar-refractivity contribution in [3.05, 3.63) is 58.3 Å². The van der Waals surface area contributed by atoms with Gasteiger partial charge in [0.15, 0.2) is 8.32 Å². The van der Waals surface area contributed by atoms with Crippen LogP contribution in [0, 0.1) is 17.0 Å². The number of non-ortho nitro benzene ring substituents is 1. The molecule has 0 aliphatic carbocycles. The lowest BCUT2D eigenvalue weighted by molar-refractivity contribution is -0.384. The summed E-state index contributed by atoms with van der Waals surface area (Å²) in [4.78, 5) is 26.6. The van der Waals surface area contributed by atoms with Crippen molar-refractivity contribution >= 4 is 30.8 Å². The number of nitrogens with zero attached hydrogens (tertiary/aromatic N) is 4. The van der Waals surface area contributed by atoms with Crippen LogP contribution < -0.4 is 5.73 Å². The predicted octanol–water partition coefficient (Wildman–Crippen LogP) is 4.81. The molecule has 2 N–H and O–H groups in total. The molecule has 0 saturated heterocycles. The molecule has 2 aromatic heterocycles. The highest BCUT2D eigenvalue weighted by Gasteiger charge is 2.37.